The summed E-state index contributed by atoms with van der Waals surface area (Å²) in [7, 11) is -3.33. The summed E-state index contributed by atoms with van der Waals surface area (Å²) in [4.78, 5) is 12.3. The summed E-state index contributed by atoms with van der Waals surface area (Å²) >= 11 is 0. The van der Waals surface area contributed by atoms with Crippen LogP contribution in [-0.4, -0.2) is 39.9 Å². The molecule has 0 radical (unpaired) electrons. The fourth-order valence-corrected chi connectivity index (χ4v) is 3.27. The molecule has 0 saturated carbocycles. The van der Waals surface area contributed by atoms with Crippen molar-refractivity contribution in [3.63, 3.8) is 0 Å². The van der Waals surface area contributed by atoms with Crippen molar-refractivity contribution >= 4 is 27.3 Å². The molecule has 2 N–H and O–H groups in total. The third-order valence-corrected chi connectivity index (χ3v) is 4.63. The van der Waals surface area contributed by atoms with Crippen LogP contribution < -0.4 is 14.8 Å². The third kappa shape index (κ3) is 5.97. The Morgan fingerprint density at radius 2 is 1.78 bits per heavy atom. The summed E-state index contributed by atoms with van der Waals surface area (Å²) in [6.45, 7) is 1.30. The summed E-state index contributed by atoms with van der Waals surface area (Å²) in [5.74, 6) is 0.433. The van der Waals surface area contributed by atoms with Crippen LogP contribution in [0.2, 0.25) is 0 Å². The monoisotopic (exact) mass is 390 g/mol. The Hall–Kier alpha value is -2.58. The van der Waals surface area contributed by atoms with Gasteiger partial charge < -0.3 is 14.8 Å². The van der Waals surface area contributed by atoms with Gasteiger partial charge in [-0.15, -0.1) is 0 Å². The topological polar surface area (TPSA) is 93.7 Å². The maximum Gasteiger partial charge on any atom is 0.255 e. The lowest BCUT2D eigenvalue weighted by Gasteiger charge is -2.12. The third-order valence-electron chi connectivity index (χ3n) is 4.02. The number of benzene rings is 2. The van der Waals surface area contributed by atoms with Crippen molar-refractivity contribution in [2.45, 2.75) is 18.9 Å². The highest BCUT2D eigenvalue weighted by molar-refractivity contribution is 7.92. The lowest BCUT2D eigenvalue weighted by molar-refractivity contribution is 0.0679. The van der Waals surface area contributed by atoms with Gasteiger partial charge in [-0.1, -0.05) is 0 Å². The average Bonchev–Trinajstić information content (AvgIpc) is 3.14. The predicted octanol–water partition coefficient (Wildman–Crippen LogP) is 2.87. The minimum absolute atomic E-state index is 0.146. The number of hydrogen-bond acceptors (Lipinski definition) is 5. The number of nitrogens with one attached hydrogen (secondary N) is 2. The Morgan fingerprint density at radius 3 is 2.37 bits per heavy atom. The molecule has 1 amide bonds. The summed E-state index contributed by atoms with van der Waals surface area (Å²) in [5.41, 5.74) is 1.50. The maximum absolute atomic E-state index is 12.3. The minimum atomic E-state index is -3.33. The Morgan fingerprint density at radius 1 is 1.11 bits per heavy atom. The standard InChI is InChI=1S/C19H22N2O5S/c1-27(23,24)21-16-8-6-15(7-9-16)20-19(22)14-4-10-17(11-5-14)26-13-18-3-2-12-25-18/h4-11,18,21H,2-3,12-13H2,1H3,(H,20,22)/t18-/m0/s1. The normalized spacial score (nSPS) is 16.7. The largest absolute Gasteiger partial charge is 0.491 e. The number of hydrogen-bond donors (Lipinski definition) is 2. The zero-order chi connectivity index (χ0) is 19.3. The summed E-state index contributed by atoms with van der Waals surface area (Å²) in [6.07, 6.45) is 3.31. The van der Waals surface area contributed by atoms with Crippen LogP contribution in [0.1, 0.15) is 23.2 Å². The predicted molar refractivity (Wildman–Crippen MR) is 104 cm³/mol. The highest BCUT2D eigenvalue weighted by Gasteiger charge is 2.16. The van der Waals surface area contributed by atoms with E-state index in [0.29, 0.717) is 29.3 Å². The molecular formula is C19H22N2O5S. The molecule has 3 rings (SSSR count). The van der Waals surface area contributed by atoms with Crippen molar-refractivity contribution in [1.29, 1.82) is 0 Å². The van der Waals surface area contributed by atoms with Crippen LogP contribution >= 0.6 is 0 Å². The minimum Gasteiger partial charge on any atom is -0.491 e. The van der Waals surface area contributed by atoms with E-state index in [2.05, 4.69) is 10.0 Å². The molecule has 1 fully saturated rings. The number of carbonyl (C=O) groups is 1. The second kappa shape index (κ2) is 8.41. The molecule has 1 aliphatic rings. The molecule has 1 saturated heterocycles. The van der Waals surface area contributed by atoms with Crippen LogP contribution in [0.25, 0.3) is 0 Å². The van der Waals surface area contributed by atoms with Gasteiger partial charge >= 0.3 is 0 Å². The summed E-state index contributed by atoms with van der Waals surface area (Å²) < 4.78 is 36.0. The van der Waals surface area contributed by atoms with Crippen molar-refractivity contribution in [3.8, 4) is 5.75 Å². The highest BCUT2D eigenvalue weighted by atomic mass is 32.2. The molecule has 0 spiro atoms. The summed E-state index contributed by atoms with van der Waals surface area (Å²) in [5, 5.41) is 2.77. The van der Waals surface area contributed by atoms with Gasteiger partial charge in [-0.25, -0.2) is 8.42 Å². The van der Waals surface area contributed by atoms with Crippen LogP contribution in [0.3, 0.4) is 0 Å². The Balaban J connectivity index is 1.54. The molecule has 8 heteroatoms. The van der Waals surface area contributed by atoms with E-state index < -0.39 is 10.0 Å². The van der Waals surface area contributed by atoms with Gasteiger partial charge in [0.05, 0.1) is 12.4 Å². The summed E-state index contributed by atoms with van der Waals surface area (Å²) in [6, 6.07) is 13.3. The molecule has 0 aliphatic carbocycles. The van der Waals surface area contributed by atoms with E-state index in [1.807, 2.05) is 0 Å². The quantitative estimate of drug-likeness (QED) is 0.758. The first-order chi connectivity index (χ1) is 12.9. The second-order valence-electron chi connectivity index (χ2n) is 6.38. The first-order valence-corrected chi connectivity index (χ1v) is 10.5. The number of sulfonamides is 1. The maximum atomic E-state index is 12.3. The lowest BCUT2D eigenvalue weighted by atomic mass is 10.2. The number of anilines is 2. The van der Waals surface area contributed by atoms with Crippen LogP contribution in [0.4, 0.5) is 11.4 Å². The first kappa shape index (κ1) is 19.2. The molecule has 1 atom stereocenters. The Kier molecular flexibility index (Phi) is 5.98. The molecule has 7 nitrogen and oxygen atoms in total. The molecular weight excluding hydrogens is 368 g/mol. The van der Waals surface area contributed by atoms with E-state index in [9.17, 15) is 13.2 Å². The Labute approximate surface area is 158 Å². The highest BCUT2D eigenvalue weighted by Crippen LogP contribution is 2.18. The van der Waals surface area contributed by atoms with Gasteiger partial charge in [0.15, 0.2) is 0 Å². The van der Waals surface area contributed by atoms with Gasteiger partial charge in [0.2, 0.25) is 10.0 Å². The fraction of sp³-hybridized carbons (Fsp3) is 0.316. The van der Waals surface area contributed by atoms with Gasteiger partial charge in [-0.2, -0.15) is 0 Å². The number of carbonyl (C=O) groups excluding carboxylic acids is 1. The van der Waals surface area contributed by atoms with Crippen molar-refractivity contribution in [2.24, 2.45) is 0 Å². The smallest absolute Gasteiger partial charge is 0.255 e. The fourth-order valence-electron chi connectivity index (χ4n) is 2.71. The zero-order valence-electron chi connectivity index (χ0n) is 15.0. The molecule has 1 aliphatic heterocycles. The van der Waals surface area contributed by atoms with E-state index in [1.54, 1.807) is 48.5 Å². The molecule has 0 unspecified atom stereocenters. The molecule has 2 aromatic rings. The van der Waals surface area contributed by atoms with Gasteiger partial charge in [0.25, 0.3) is 5.91 Å². The average molecular weight is 390 g/mol. The van der Waals surface area contributed by atoms with E-state index in [-0.39, 0.29) is 12.0 Å². The molecule has 2 aromatic carbocycles. The molecule has 144 valence electrons. The van der Waals surface area contributed by atoms with E-state index in [1.165, 1.54) is 0 Å². The van der Waals surface area contributed by atoms with Crippen molar-refractivity contribution in [1.82, 2.24) is 0 Å². The SMILES string of the molecule is CS(=O)(=O)Nc1ccc(NC(=O)c2ccc(OC[C@@H]3CCCO3)cc2)cc1. The second-order valence-corrected chi connectivity index (χ2v) is 8.12. The van der Waals surface area contributed by atoms with E-state index in [0.717, 1.165) is 25.7 Å². The molecule has 0 aromatic heterocycles. The van der Waals surface area contributed by atoms with Crippen LogP contribution in [-0.2, 0) is 14.8 Å². The van der Waals surface area contributed by atoms with Crippen molar-refractivity contribution < 1.29 is 22.7 Å². The van der Waals surface area contributed by atoms with Crippen molar-refractivity contribution in [2.75, 3.05) is 29.5 Å². The van der Waals surface area contributed by atoms with E-state index >= 15 is 0 Å². The van der Waals surface area contributed by atoms with Gasteiger partial charge in [0, 0.05) is 23.5 Å². The number of amides is 1. The molecule has 1 heterocycles. The van der Waals surface area contributed by atoms with Crippen LogP contribution in [0, 0.1) is 0 Å². The van der Waals surface area contributed by atoms with Gasteiger partial charge in [-0.3, -0.25) is 9.52 Å². The lowest BCUT2D eigenvalue weighted by Crippen LogP contribution is -2.16. The van der Waals surface area contributed by atoms with Gasteiger partial charge in [0.1, 0.15) is 12.4 Å². The molecule has 27 heavy (non-hydrogen) atoms. The number of rotatable bonds is 7. The number of ether oxygens (including phenoxy) is 2. The van der Waals surface area contributed by atoms with Crippen LogP contribution in [0.15, 0.2) is 48.5 Å². The Bertz CT molecular complexity index is 873. The first-order valence-electron chi connectivity index (χ1n) is 8.63. The van der Waals surface area contributed by atoms with E-state index in [4.69, 9.17) is 9.47 Å². The van der Waals surface area contributed by atoms with Gasteiger partial charge in [-0.05, 0) is 61.4 Å². The van der Waals surface area contributed by atoms with Crippen LogP contribution in [0.5, 0.6) is 5.75 Å². The zero-order valence-corrected chi connectivity index (χ0v) is 15.8. The van der Waals surface area contributed by atoms with Crippen molar-refractivity contribution in [3.05, 3.63) is 54.1 Å². The molecule has 0 bridgehead atoms.